The molecule has 1 aromatic carbocycles. The second-order valence-electron chi connectivity index (χ2n) is 3.32. The molecule has 0 saturated heterocycles. The van der Waals surface area contributed by atoms with Crippen LogP contribution in [0.4, 0.5) is 8.78 Å². The summed E-state index contributed by atoms with van der Waals surface area (Å²) in [5.74, 6) is -1.91. The average Bonchev–Trinajstić information content (AvgIpc) is 2.81. The number of benzene rings is 1. The third-order valence-corrected chi connectivity index (χ3v) is 5.11. The minimum Gasteiger partial charge on any atom is -0.384 e. The lowest BCUT2D eigenvalue weighted by Crippen LogP contribution is -2.12. The van der Waals surface area contributed by atoms with E-state index >= 15 is 0 Å². The lowest BCUT2D eigenvalue weighted by molar-refractivity contribution is 0.540. The van der Waals surface area contributed by atoms with Gasteiger partial charge in [-0.25, -0.2) is 8.78 Å². The van der Waals surface area contributed by atoms with E-state index in [1.807, 2.05) is 6.26 Å². The predicted octanol–water partition coefficient (Wildman–Crippen LogP) is 2.97. The maximum atomic E-state index is 13.8. The van der Waals surface area contributed by atoms with E-state index in [1.165, 1.54) is 23.1 Å². The van der Waals surface area contributed by atoms with Crippen LogP contribution in [0.3, 0.4) is 0 Å². The van der Waals surface area contributed by atoms with E-state index in [1.54, 1.807) is 0 Å². The molecule has 0 bridgehead atoms. The molecule has 3 N–H and O–H groups in total. The van der Waals surface area contributed by atoms with Gasteiger partial charge in [0, 0.05) is 5.56 Å². The molecule has 0 radical (unpaired) electrons. The highest BCUT2D eigenvalue weighted by Gasteiger charge is 2.16. The SMILES string of the molecule is CSc1nnc(Sc2c(F)cc(C(=N)N)cc2F)s1. The van der Waals surface area contributed by atoms with Gasteiger partial charge in [-0.3, -0.25) is 5.41 Å². The quantitative estimate of drug-likeness (QED) is 0.515. The number of rotatable bonds is 4. The molecule has 0 spiro atoms. The number of amidine groups is 1. The molecule has 0 aliphatic heterocycles. The summed E-state index contributed by atoms with van der Waals surface area (Å²) in [7, 11) is 0. The average molecular weight is 318 g/mol. The Hall–Kier alpha value is -1.19. The van der Waals surface area contributed by atoms with Crippen molar-refractivity contribution in [2.24, 2.45) is 5.73 Å². The molecule has 1 aromatic heterocycles. The molecule has 2 aromatic rings. The molecule has 2 rings (SSSR count). The van der Waals surface area contributed by atoms with Crippen molar-refractivity contribution in [3.8, 4) is 0 Å². The van der Waals surface area contributed by atoms with Crippen molar-refractivity contribution < 1.29 is 8.78 Å². The zero-order chi connectivity index (χ0) is 14.0. The first kappa shape index (κ1) is 14.2. The number of hydrogen-bond acceptors (Lipinski definition) is 6. The van der Waals surface area contributed by atoms with E-state index in [9.17, 15) is 8.78 Å². The molecule has 1 heterocycles. The fourth-order valence-electron chi connectivity index (χ4n) is 1.22. The van der Waals surface area contributed by atoms with Crippen LogP contribution in [0.1, 0.15) is 5.56 Å². The van der Waals surface area contributed by atoms with Crippen molar-refractivity contribution in [1.82, 2.24) is 10.2 Å². The van der Waals surface area contributed by atoms with Crippen LogP contribution in [-0.4, -0.2) is 22.3 Å². The smallest absolute Gasteiger partial charge is 0.180 e. The monoisotopic (exact) mass is 318 g/mol. The Kier molecular flexibility index (Phi) is 4.38. The summed E-state index contributed by atoms with van der Waals surface area (Å²) >= 11 is 3.54. The number of hydrogen-bond donors (Lipinski definition) is 2. The zero-order valence-electron chi connectivity index (χ0n) is 9.61. The fraction of sp³-hybridized carbons (Fsp3) is 0.100. The summed E-state index contributed by atoms with van der Waals surface area (Å²) in [6.45, 7) is 0. The summed E-state index contributed by atoms with van der Waals surface area (Å²) in [6, 6.07) is 2.06. The van der Waals surface area contributed by atoms with Gasteiger partial charge in [0.05, 0.1) is 4.90 Å². The lowest BCUT2D eigenvalue weighted by Gasteiger charge is -2.05. The molecular weight excluding hydrogens is 310 g/mol. The maximum Gasteiger partial charge on any atom is 0.180 e. The van der Waals surface area contributed by atoms with E-state index in [4.69, 9.17) is 11.1 Å². The van der Waals surface area contributed by atoms with Gasteiger partial charge in [0.15, 0.2) is 8.68 Å². The Morgan fingerprint density at radius 1 is 1.26 bits per heavy atom. The van der Waals surface area contributed by atoms with Gasteiger partial charge in [-0.05, 0) is 18.4 Å². The molecule has 19 heavy (non-hydrogen) atoms. The van der Waals surface area contributed by atoms with Crippen LogP contribution in [-0.2, 0) is 0 Å². The van der Waals surface area contributed by atoms with Crippen molar-refractivity contribution in [3.05, 3.63) is 29.3 Å². The van der Waals surface area contributed by atoms with E-state index in [-0.39, 0.29) is 16.3 Å². The molecule has 4 nitrogen and oxygen atoms in total. The van der Waals surface area contributed by atoms with Gasteiger partial charge in [0.1, 0.15) is 17.5 Å². The highest BCUT2D eigenvalue weighted by Crippen LogP contribution is 2.35. The van der Waals surface area contributed by atoms with Crippen molar-refractivity contribution in [1.29, 1.82) is 5.41 Å². The van der Waals surface area contributed by atoms with Crippen molar-refractivity contribution >= 4 is 40.7 Å². The van der Waals surface area contributed by atoms with Crippen LogP contribution in [0.5, 0.6) is 0 Å². The third kappa shape index (κ3) is 3.23. The minimum absolute atomic E-state index is 0.0152. The molecule has 100 valence electrons. The van der Waals surface area contributed by atoms with Gasteiger partial charge in [-0.15, -0.1) is 10.2 Å². The van der Waals surface area contributed by atoms with Gasteiger partial charge >= 0.3 is 0 Å². The molecule has 0 unspecified atom stereocenters. The number of nitrogen functional groups attached to an aromatic ring is 1. The van der Waals surface area contributed by atoms with E-state index in [0.29, 0.717) is 4.34 Å². The van der Waals surface area contributed by atoms with Gasteiger partial charge in [-0.2, -0.15) is 0 Å². The minimum atomic E-state index is -0.767. The maximum absolute atomic E-state index is 13.8. The molecule has 9 heteroatoms. The molecular formula is C10H8F2N4S3. The van der Waals surface area contributed by atoms with Crippen LogP contribution >= 0.6 is 34.9 Å². The van der Waals surface area contributed by atoms with Crippen molar-refractivity contribution in [2.75, 3.05) is 6.26 Å². The first-order valence-electron chi connectivity index (χ1n) is 4.90. The van der Waals surface area contributed by atoms with Gasteiger partial charge < -0.3 is 5.73 Å². The number of halogens is 2. The van der Waals surface area contributed by atoms with Gasteiger partial charge in [-0.1, -0.05) is 34.9 Å². The number of thioether (sulfide) groups is 1. The number of nitrogens with one attached hydrogen (secondary N) is 1. The Morgan fingerprint density at radius 3 is 2.32 bits per heavy atom. The van der Waals surface area contributed by atoms with E-state index < -0.39 is 11.6 Å². The Bertz CT molecular complexity index is 606. The molecule has 0 aliphatic rings. The molecule has 0 saturated carbocycles. The van der Waals surface area contributed by atoms with E-state index in [0.717, 1.165) is 28.2 Å². The van der Waals surface area contributed by atoms with Crippen LogP contribution < -0.4 is 5.73 Å². The second-order valence-corrected chi connectivity index (χ2v) is 6.61. The Labute approximate surface area is 120 Å². The van der Waals surface area contributed by atoms with Crippen molar-refractivity contribution in [2.45, 2.75) is 13.6 Å². The van der Waals surface area contributed by atoms with Crippen LogP contribution in [0.2, 0.25) is 0 Å². The summed E-state index contributed by atoms with van der Waals surface area (Å²) < 4.78 is 28.7. The molecule has 0 atom stereocenters. The lowest BCUT2D eigenvalue weighted by atomic mass is 10.2. The largest absolute Gasteiger partial charge is 0.384 e. The summed E-state index contributed by atoms with van der Waals surface area (Å²) in [4.78, 5) is -0.172. The summed E-state index contributed by atoms with van der Waals surface area (Å²) in [6.07, 6.45) is 1.85. The van der Waals surface area contributed by atoms with Crippen LogP contribution in [0.25, 0.3) is 0 Å². The zero-order valence-corrected chi connectivity index (χ0v) is 12.1. The first-order valence-corrected chi connectivity index (χ1v) is 7.76. The highest BCUT2D eigenvalue weighted by atomic mass is 32.2. The predicted molar refractivity (Wildman–Crippen MR) is 73.2 cm³/mol. The second kappa shape index (κ2) is 5.85. The Morgan fingerprint density at radius 2 is 1.84 bits per heavy atom. The first-order chi connectivity index (χ1) is 9.01. The number of aromatic nitrogens is 2. The molecule has 0 aliphatic carbocycles. The normalized spacial score (nSPS) is 10.7. The highest BCUT2D eigenvalue weighted by molar-refractivity contribution is 8.03. The molecule has 0 fully saturated rings. The van der Waals surface area contributed by atoms with Gasteiger partial charge in [0.2, 0.25) is 0 Å². The third-order valence-electron chi connectivity index (χ3n) is 2.06. The van der Waals surface area contributed by atoms with Crippen LogP contribution in [0.15, 0.2) is 25.7 Å². The van der Waals surface area contributed by atoms with E-state index in [2.05, 4.69) is 10.2 Å². The molecule has 0 amide bonds. The Balaban J connectivity index is 2.32. The van der Waals surface area contributed by atoms with Crippen LogP contribution in [0, 0.1) is 17.0 Å². The van der Waals surface area contributed by atoms with Gasteiger partial charge in [0.25, 0.3) is 0 Å². The number of nitrogens with zero attached hydrogens (tertiary/aromatic N) is 2. The fourth-order valence-corrected chi connectivity index (χ4v) is 3.61. The van der Waals surface area contributed by atoms with Crippen molar-refractivity contribution in [3.63, 3.8) is 0 Å². The number of nitrogens with two attached hydrogens (primary N) is 1. The summed E-state index contributed by atoms with van der Waals surface area (Å²) in [5, 5.41) is 14.8. The standard InChI is InChI=1S/C10H8F2N4S3/c1-17-9-15-16-10(19-9)18-7-5(11)2-4(8(13)14)3-6(7)12/h2-3H,1H3,(H3,13,14). The topological polar surface area (TPSA) is 75.7 Å². The summed E-state index contributed by atoms with van der Waals surface area (Å²) in [5.41, 5.74) is 5.21.